The fourth-order valence-corrected chi connectivity index (χ4v) is 5.90. The van der Waals surface area contributed by atoms with Crippen LogP contribution in [0.2, 0.25) is 0 Å². The second kappa shape index (κ2) is 9.82. The van der Waals surface area contributed by atoms with E-state index < -0.39 is 5.91 Å². The van der Waals surface area contributed by atoms with Crippen molar-refractivity contribution in [2.45, 2.75) is 44.7 Å². The van der Waals surface area contributed by atoms with E-state index >= 15 is 0 Å². The summed E-state index contributed by atoms with van der Waals surface area (Å²) in [5, 5.41) is 0. The van der Waals surface area contributed by atoms with Gasteiger partial charge in [-0.3, -0.25) is 9.59 Å². The van der Waals surface area contributed by atoms with Crippen molar-refractivity contribution in [3.8, 4) is 17.1 Å². The third-order valence-electron chi connectivity index (χ3n) is 8.06. The Morgan fingerprint density at radius 3 is 2.67 bits per heavy atom. The molecule has 1 aliphatic heterocycles. The number of hydrogen-bond donors (Lipinski definition) is 2. The lowest BCUT2D eigenvalue weighted by atomic mass is 10.1. The van der Waals surface area contributed by atoms with Crippen LogP contribution in [0.15, 0.2) is 42.6 Å². The third-order valence-corrected chi connectivity index (χ3v) is 8.06. The molecular weight excluding hydrogens is 508 g/mol. The molecule has 4 aromatic rings. The predicted octanol–water partition coefficient (Wildman–Crippen LogP) is 4.01. The van der Waals surface area contributed by atoms with E-state index in [1.807, 2.05) is 43.1 Å². The Balaban J connectivity index is 1.37. The quantitative estimate of drug-likeness (QED) is 0.375. The molecule has 1 fully saturated rings. The van der Waals surface area contributed by atoms with Crippen LogP contribution in [0.1, 0.15) is 43.0 Å². The number of ether oxygens (including phenoxy) is 1. The maximum absolute atomic E-state index is 13.0. The van der Waals surface area contributed by atoms with E-state index in [4.69, 9.17) is 15.5 Å². The Morgan fingerprint density at radius 2 is 1.95 bits per heavy atom. The van der Waals surface area contributed by atoms with Gasteiger partial charge in [-0.15, -0.1) is 0 Å². The zero-order chi connectivity index (χ0) is 28.1. The lowest BCUT2D eigenvalue weighted by Crippen LogP contribution is -2.54. The molecule has 1 atom stereocenters. The number of likely N-dealkylation sites (N-methyl/N-ethyl adjacent to an activating group) is 1. The highest BCUT2D eigenvalue weighted by molar-refractivity contribution is 6.05. The number of para-hydroxylation sites is 1. The number of H-pyrrole nitrogens is 1. The highest BCUT2D eigenvalue weighted by Crippen LogP contribution is 2.41. The molecule has 11 heteroatoms. The minimum absolute atomic E-state index is 0.0508. The Kier molecular flexibility index (Phi) is 6.28. The molecule has 2 aromatic heterocycles. The summed E-state index contributed by atoms with van der Waals surface area (Å²) in [5.41, 5.74) is 9.41. The first-order chi connectivity index (χ1) is 19.3. The maximum atomic E-state index is 13.0. The van der Waals surface area contributed by atoms with Crippen LogP contribution in [-0.2, 0) is 4.79 Å². The summed E-state index contributed by atoms with van der Waals surface area (Å²) in [6.07, 6.45) is 6.14. The Labute approximate surface area is 232 Å². The number of imidazole rings is 1. The first-order valence-corrected chi connectivity index (χ1v) is 13.4. The summed E-state index contributed by atoms with van der Waals surface area (Å²) >= 11 is 0. The Morgan fingerprint density at radius 1 is 1.18 bits per heavy atom. The minimum Gasteiger partial charge on any atom is -0.495 e. The molecule has 2 amide bonds. The highest BCUT2D eigenvalue weighted by Gasteiger charge is 2.40. The number of aromatic amines is 1. The van der Waals surface area contributed by atoms with E-state index in [-0.39, 0.29) is 18.0 Å². The van der Waals surface area contributed by atoms with Crippen LogP contribution in [0.25, 0.3) is 22.4 Å². The lowest BCUT2D eigenvalue weighted by Gasteiger charge is -2.42. The van der Waals surface area contributed by atoms with Crippen molar-refractivity contribution in [3.63, 3.8) is 0 Å². The van der Waals surface area contributed by atoms with Gasteiger partial charge in [0.2, 0.25) is 11.9 Å². The number of nitrogens with zero attached hydrogens (tertiary/aromatic N) is 6. The number of methoxy groups -OCH3 is 1. The number of benzene rings is 2. The fraction of sp³-hybridized carbons (Fsp3) is 0.345. The van der Waals surface area contributed by atoms with E-state index in [1.54, 1.807) is 37.4 Å². The molecule has 0 saturated heterocycles. The SMILES string of the molecule is COc1cc(-c2nc3c(C(N)=O)cccc3[nH]2)ccc1N(C)c1ncc2c(n1)N(C1CCCC1)[C@H](C)C(=O)N2C. The number of nitrogens with one attached hydrogen (secondary N) is 1. The van der Waals surface area contributed by atoms with Gasteiger partial charge in [-0.05, 0) is 50.1 Å². The first kappa shape index (κ1) is 25.6. The van der Waals surface area contributed by atoms with E-state index in [1.165, 1.54) is 0 Å². The molecule has 1 aliphatic carbocycles. The molecule has 40 heavy (non-hydrogen) atoms. The number of aromatic nitrogens is 4. The van der Waals surface area contributed by atoms with Crippen molar-refractivity contribution in [3.05, 3.63) is 48.2 Å². The molecule has 0 spiro atoms. The summed E-state index contributed by atoms with van der Waals surface area (Å²) in [6.45, 7) is 1.96. The second-order valence-electron chi connectivity index (χ2n) is 10.4. The van der Waals surface area contributed by atoms with E-state index in [9.17, 15) is 9.59 Å². The van der Waals surface area contributed by atoms with Crippen molar-refractivity contribution in [2.24, 2.45) is 5.73 Å². The molecule has 2 aromatic carbocycles. The van der Waals surface area contributed by atoms with Crippen LogP contribution in [0, 0.1) is 0 Å². The minimum atomic E-state index is -0.528. The molecule has 6 rings (SSSR count). The molecule has 0 radical (unpaired) electrons. The number of carbonyl (C=O) groups excluding carboxylic acids is 2. The maximum Gasteiger partial charge on any atom is 0.250 e. The summed E-state index contributed by atoms with van der Waals surface area (Å²) in [5.74, 6) is 1.99. The zero-order valence-electron chi connectivity index (χ0n) is 23.0. The van der Waals surface area contributed by atoms with Crippen LogP contribution in [0.5, 0.6) is 5.75 Å². The van der Waals surface area contributed by atoms with Crippen molar-refractivity contribution in [1.29, 1.82) is 0 Å². The van der Waals surface area contributed by atoms with Gasteiger partial charge in [0.25, 0.3) is 5.91 Å². The molecule has 0 bridgehead atoms. The van der Waals surface area contributed by atoms with Crippen LogP contribution in [0.4, 0.5) is 23.1 Å². The predicted molar refractivity (Wildman–Crippen MR) is 154 cm³/mol. The van der Waals surface area contributed by atoms with Gasteiger partial charge in [0.15, 0.2) is 5.82 Å². The van der Waals surface area contributed by atoms with Crippen molar-refractivity contribution < 1.29 is 14.3 Å². The molecular formula is C29H32N8O3. The van der Waals surface area contributed by atoms with Gasteiger partial charge in [-0.1, -0.05) is 18.9 Å². The lowest BCUT2D eigenvalue weighted by molar-refractivity contribution is -0.119. The van der Waals surface area contributed by atoms with Gasteiger partial charge in [0.05, 0.1) is 30.1 Å². The molecule has 0 unspecified atom stereocenters. The normalized spacial score (nSPS) is 17.4. The Hall–Kier alpha value is -4.67. The Bertz CT molecular complexity index is 1630. The molecule has 206 valence electrons. The molecule has 2 aliphatic rings. The molecule has 3 N–H and O–H groups in total. The largest absolute Gasteiger partial charge is 0.495 e. The summed E-state index contributed by atoms with van der Waals surface area (Å²) in [6, 6.07) is 11.0. The van der Waals surface area contributed by atoms with E-state index in [2.05, 4.69) is 19.9 Å². The molecule has 3 heterocycles. The first-order valence-electron chi connectivity index (χ1n) is 13.4. The number of rotatable bonds is 6. The third kappa shape index (κ3) is 4.09. The zero-order valence-corrected chi connectivity index (χ0v) is 23.0. The van der Waals surface area contributed by atoms with Crippen LogP contribution in [-0.4, -0.2) is 65.0 Å². The van der Waals surface area contributed by atoms with Gasteiger partial charge in [0, 0.05) is 25.7 Å². The van der Waals surface area contributed by atoms with Crippen molar-refractivity contribution >= 4 is 46.0 Å². The molecule has 11 nitrogen and oxygen atoms in total. The van der Waals surface area contributed by atoms with Crippen LogP contribution < -0.4 is 25.2 Å². The number of primary amides is 1. The van der Waals surface area contributed by atoms with E-state index in [0.717, 1.165) is 54.0 Å². The summed E-state index contributed by atoms with van der Waals surface area (Å²) in [7, 11) is 5.28. The number of amides is 2. The second-order valence-corrected chi connectivity index (χ2v) is 10.4. The van der Waals surface area contributed by atoms with Gasteiger partial charge < -0.3 is 30.2 Å². The monoisotopic (exact) mass is 540 g/mol. The van der Waals surface area contributed by atoms with Crippen LogP contribution in [0.3, 0.4) is 0 Å². The van der Waals surface area contributed by atoms with Crippen molar-refractivity contribution in [1.82, 2.24) is 19.9 Å². The molecule has 1 saturated carbocycles. The average Bonchev–Trinajstić information content (AvgIpc) is 3.65. The van der Waals surface area contributed by atoms with Crippen LogP contribution >= 0.6 is 0 Å². The van der Waals surface area contributed by atoms with Gasteiger partial charge >= 0.3 is 0 Å². The van der Waals surface area contributed by atoms with Gasteiger partial charge in [-0.25, -0.2) is 9.97 Å². The van der Waals surface area contributed by atoms with Crippen molar-refractivity contribution in [2.75, 3.05) is 35.9 Å². The topological polar surface area (TPSA) is 134 Å². The summed E-state index contributed by atoms with van der Waals surface area (Å²) in [4.78, 5) is 48.1. The number of nitrogens with two attached hydrogens (primary N) is 1. The van der Waals surface area contributed by atoms with Gasteiger partial charge in [-0.2, -0.15) is 4.98 Å². The standard InChI is InChI=1S/C29H32N8O3/c1-16-28(39)35(2)22-15-31-29(34-27(22)37(16)18-8-5-6-9-18)36(3)21-13-12-17(14-23(21)40-4)26-32-20-11-7-10-19(25(30)38)24(20)33-26/h7,10-16,18H,5-6,8-9H2,1-4H3,(H2,30,38)(H,32,33)/t16-/m1/s1. The number of hydrogen-bond acceptors (Lipinski definition) is 8. The summed E-state index contributed by atoms with van der Waals surface area (Å²) < 4.78 is 5.77. The smallest absolute Gasteiger partial charge is 0.250 e. The number of anilines is 4. The fourth-order valence-electron chi connectivity index (χ4n) is 5.90. The van der Waals surface area contributed by atoms with Gasteiger partial charge in [0.1, 0.15) is 28.8 Å². The average molecular weight is 541 g/mol. The highest BCUT2D eigenvalue weighted by atomic mass is 16.5. The number of carbonyl (C=O) groups is 2. The number of fused-ring (bicyclic) bond motifs is 2. The van der Waals surface area contributed by atoms with E-state index in [0.29, 0.717) is 28.6 Å².